The van der Waals surface area contributed by atoms with Crippen LogP contribution in [0.5, 0.6) is 0 Å². The van der Waals surface area contributed by atoms with Crippen LogP contribution >= 0.6 is 11.6 Å². The molecule has 0 saturated heterocycles. The van der Waals surface area contributed by atoms with Crippen molar-refractivity contribution in [2.24, 2.45) is 5.41 Å². The van der Waals surface area contributed by atoms with E-state index in [-0.39, 0.29) is 5.91 Å². The standard InChI is InChI=1S/C12H20ClNO/c1-12(2,9-13)11(15)14-8-7-10-5-3-4-6-10/h5H,3-4,6-9H2,1-2H3,(H,14,15). The van der Waals surface area contributed by atoms with Crippen molar-refractivity contribution in [2.75, 3.05) is 12.4 Å². The Labute approximate surface area is 97.1 Å². The lowest BCUT2D eigenvalue weighted by Gasteiger charge is -2.20. The number of alkyl halides is 1. The maximum absolute atomic E-state index is 11.7. The molecule has 2 nitrogen and oxygen atoms in total. The van der Waals surface area contributed by atoms with Crippen LogP contribution < -0.4 is 5.32 Å². The number of allylic oxidation sites excluding steroid dienone is 1. The van der Waals surface area contributed by atoms with Crippen molar-refractivity contribution in [3.8, 4) is 0 Å². The molecule has 0 aromatic heterocycles. The first-order chi connectivity index (χ1) is 7.06. The molecule has 3 heteroatoms. The summed E-state index contributed by atoms with van der Waals surface area (Å²) < 4.78 is 0. The molecule has 1 aliphatic carbocycles. The van der Waals surface area contributed by atoms with Crippen molar-refractivity contribution >= 4 is 17.5 Å². The van der Waals surface area contributed by atoms with Crippen LogP contribution in [0.1, 0.15) is 39.5 Å². The summed E-state index contributed by atoms with van der Waals surface area (Å²) in [6.07, 6.45) is 6.96. The van der Waals surface area contributed by atoms with Gasteiger partial charge < -0.3 is 5.32 Å². The third kappa shape index (κ3) is 3.86. The van der Waals surface area contributed by atoms with Crippen molar-refractivity contribution in [3.63, 3.8) is 0 Å². The van der Waals surface area contributed by atoms with Crippen LogP contribution in [0.2, 0.25) is 0 Å². The van der Waals surface area contributed by atoms with Gasteiger partial charge in [-0.25, -0.2) is 0 Å². The van der Waals surface area contributed by atoms with Crippen molar-refractivity contribution in [1.29, 1.82) is 0 Å². The number of halogens is 1. The third-order valence-electron chi connectivity index (χ3n) is 2.82. The summed E-state index contributed by atoms with van der Waals surface area (Å²) in [6, 6.07) is 0. The van der Waals surface area contributed by atoms with E-state index in [2.05, 4.69) is 11.4 Å². The molecule has 0 radical (unpaired) electrons. The van der Waals surface area contributed by atoms with Gasteiger partial charge in [-0.15, -0.1) is 11.6 Å². The summed E-state index contributed by atoms with van der Waals surface area (Å²) in [5, 5.41) is 2.94. The van der Waals surface area contributed by atoms with E-state index >= 15 is 0 Å². The van der Waals surface area contributed by atoms with E-state index in [9.17, 15) is 4.79 Å². The predicted molar refractivity (Wildman–Crippen MR) is 64.1 cm³/mol. The Morgan fingerprint density at radius 3 is 2.87 bits per heavy atom. The molecule has 0 saturated carbocycles. The quantitative estimate of drug-likeness (QED) is 0.570. The molecule has 0 spiro atoms. The van der Waals surface area contributed by atoms with Crippen molar-refractivity contribution < 1.29 is 4.79 Å². The molecule has 0 aliphatic heterocycles. The van der Waals surface area contributed by atoms with Crippen LogP contribution in [0, 0.1) is 5.41 Å². The molecule has 0 unspecified atom stereocenters. The zero-order valence-corrected chi connectivity index (χ0v) is 10.4. The second-order valence-electron chi connectivity index (χ2n) is 4.78. The van der Waals surface area contributed by atoms with Gasteiger partial charge in [0.25, 0.3) is 0 Å². The molecule has 1 aliphatic rings. The second kappa shape index (κ2) is 5.55. The Bertz CT molecular complexity index is 258. The maximum atomic E-state index is 11.7. The molecule has 1 rings (SSSR count). The first-order valence-corrected chi connectivity index (χ1v) is 6.12. The molecule has 0 bridgehead atoms. The molecule has 15 heavy (non-hydrogen) atoms. The fourth-order valence-corrected chi connectivity index (χ4v) is 1.72. The Hall–Kier alpha value is -0.500. The van der Waals surface area contributed by atoms with Crippen LogP contribution in [-0.4, -0.2) is 18.3 Å². The number of hydrogen-bond donors (Lipinski definition) is 1. The van der Waals surface area contributed by atoms with Gasteiger partial charge >= 0.3 is 0 Å². The summed E-state index contributed by atoms with van der Waals surface area (Å²) in [5.74, 6) is 0.415. The SMILES string of the molecule is CC(C)(CCl)C(=O)NCCC1=CCCC1. The topological polar surface area (TPSA) is 29.1 Å². The van der Waals surface area contributed by atoms with Crippen molar-refractivity contribution in [1.82, 2.24) is 5.32 Å². The Balaban J connectivity index is 2.22. The smallest absolute Gasteiger partial charge is 0.226 e. The lowest BCUT2D eigenvalue weighted by molar-refractivity contribution is -0.128. The monoisotopic (exact) mass is 229 g/mol. The van der Waals surface area contributed by atoms with Crippen LogP contribution in [0.4, 0.5) is 0 Å². The third-order valence-corrected chi connectivity index (χ3v) is 3.48. The van der Waals surface area contributed by atoms with E-state index in [1.165, 1.54) is 24.8 Å². The Morgan fingerprint density at radius 1 is 1.60 bits per heavy atom. The van der Waals surface area contributed by atoms with E-state index in [1.54, 1.807) is 0 Å². The second-order valence-corrected chi connectivity index (χ2v) is 5.05. The molecule has 0 fully saturated rings. The molecule has 0 atom stereocenters. The number of hydrogen-bond acceptors (Lipinski definition) is 1. The van der Waals surface area contributed by atoms with E-state index < -0.39 is 5.41 Å². The van der Waals surface area contributed by atoms with E-state index in [0.29, 0.717) is 5.88 Å². The zero-order valence-electron chi connectivity index (χ0n) is 9.61. The van der Waals surface area contributed by atoms with Gasteiger partial charge in [0.2, 0.25) is 5.91 Å². The fourth-order valence-electron chi connectivity index (χ4n) is 1.60. The van der Waals surface area contributed by atoms with Crippen molar-refractivity contribution in [2.45, 2.75) is 39.5 Å². The Morgan fingerprint density at radius 2 is 2.33 bits per heavy atom. The average molecular weight is 230 g/mol. The fraction of sp³-hybridized carbons (Fsp3) is 0.750. The average Bonchev–Trinajstić information content (AvgIpc) is 2.70. The summed E-state index contributed by atoms with van der Waals surface area (Å²) in [7, 11) is 0. The molecular formula is C12H20ClNO. The van der Waals surface area contributed by atoms with Gasteiger partial charge in [-0.05, 0) is 39.5 Å². The molecule has 0 aromatic carbocycles. The van der Waals surface area contributed by atoms with Gasteiger partial charge in [0.05, 0.1) is 5.41 Å². The molecule has 1 N–H and O–H groups in total. The highest BCUT2D eigenvalue weighted by Crippen LogP contribution is 2.20. The number of rotatable bonds is 5. The highest BCUT2D eigenvalue weighted by atomic mass is 35.5. The molecular weight excluding hydrogens is 210 g/mol. The number of nitrogens with one attached hydrogen (secondary N) is 1. The van der Waals surface area contributed by atoms with Gasteiger partial charge in [0.15, 0.2) is 0 Å². The van der Waals surface area contributed by atoms with Crippen LogP contribution in [0.15, 0.2) is 11.6 Å². The first-order valence-electron chi connectivity index (χ1n) is 5.58. The van der Waals surface area contributed by atoms with E-state index in [0.717, 1.165) is 13.0 Å². The lowest BCUT2D eigenvalue weighted by Crippen LogP contribution is -2.38. The van der Waals surface area contributed by atoms with Gasteiger partial charge in [-0.3, -0.25) is 4.79 Å². The van der Waals surface area contributed by atoms with Crippen LogP contribution in [-0.2, 0) is 4.79 Å². The summed E-state index contributed by atoms with van der Waals surface area (Å²) in [4.78, 5) is 11.7. The minimum absolute atomic E-state index is 0.0519. The van der Waals surface area contributed by atoms with Gasteiger partial charge in [0, 0.05) is 12.4 Å². The highest BCUT2D eigenvalue weighted by Gasteiger charge is 2.25. The van der Waals surface area contributed by atoms with Gasteiger partial charge in [-0.2, -0.15) is 0 Å². The zero-order chi connectivity index (χ0) is 11.3. The number of carbonyl (C=O) groups is 1. The van der Waals surface area contributed by atoms with Crippen LogP contribution in [0.25, 0.3) is 0 Å². The van der Waals surface area contributed by atoms with Gasteiger partial charge in [0.1, 0.15) is 0 Å². The molecule has 1 amide bonds. The normalized spacial score (nSPS) is 16.3. The Kier molecular flexibility index (Phi) is 4.65. The first kappa shape index (κ1) is 12.6. The molecule has 86 valence electrons. The van der Waals surface area contributed by atoms with E-state index in [4.69, 9.17) is 11.6 Å². The maximum Gasteiger partial charge on any atom is 0.226 e. The predicted octanol–water partition coefficient (Wildman–Crippen LogP) is 2.87. The molecule has 0 heterocycles. The summed E-state index contributed by atoms with van der Waals surface area (Å²) in [6.45, 7) is 4.47. The minimum Gasteiger partial charge on any atom is -0.355 e. The number of carbonyl (C=O) groups excluding carboxylic acids is 1. The lowest BCUT2D eigenvalue weighted by atomic mass is 9.95. The van der Waals surface area contributed by atoms with E-state index in [1.807, 2.05) is 13.8 Å². The largest absolute Gasteiger partial charge is 0.355 e. The summed E-state index contributed by atoms with van der Waals surface area (Å²) in [5.41, 5.74) is 1.03. The summed E-state index contributed by atoms with van der Waals surface area (Å²) >= 11 is 5.72. The van der Waals surface area contributed by atoms with Gasteiger partial charge in [-0.1, -0.05) is 11.6 Å². The number of amides is 1. The molecule has 0 aromatic rings. The highest BCUT2D eigenvalue weighted by molar-refractivity contribution is 6.19. The van der Waals surface area contributed by atoms with Crippen LogP contribution in [0.3, 0.4) is 0 Å². The van der Waals surface area contributed by atoms with Crippen molar-refractivity contribution in [3.05, 3.63) is 11.6 Å². The minimum atomic E-state index is -0.453.